The smallest absolute Gasteiger partial charge is 0.324 e. The zero-order valence-corrected chi connectivity index (χ0v) is 19.9. The van der Waals surface area contributed by atoms with Crippen LogP contribution in [0.25, 0.3) is 0 Å². The molecule has 180 valence electrons. The average molecular weight is 476 g/mol. The summed E-state index contributed by atoms with van der Waals surface area (Å²) in [5.41, 5.74) is 1.85. The zero-order chi connectivity index (χ0) is 24.1. The lowest BCUT2D eigenvalue weighted by atomic mass is 10.1. The summed E-state index contributed by atoms with van der Waals surface area (Å²) in [6.45, 7) is 2.04. The third-order valence-electron chi connectivity index (χ3n) is 5.01. The number of carbonyl (C=O) groups excluding carboxylic acids is 2. The summed E-state index contributed by atoms with van der Waals surface area (Å²) in [7, 11) is -2.04. The number of carbonyl (C=O) groups is 2. The summed E-state index contributed by atoms with van der Waals surface area (Å²) in [4.78, 5) is 24.7. The van der Waals surface area contributed by atoms with Crippen molar-refractivity contribution in [2.24, 2.45) is 0 Å². The van der Waals surface area contributed by atoms with Crippen LogP contribution in [0, 0.1) is 0 Å². The molecule has 0 unspecified atom stereocenters. The Morgan fingerprint density at radius 1 is 0.909 bits per heavy atom. The average Bonchev–Trinajstić information content (AvgIpc) is 2.81. The van der Waals surface area contributed by atoms with Crippen molar-refractivity contribution >= 4 is 21.9 Å². The molecule has 9 heteroatoms. The summed E-state index contributed by atoms with van der Waals surface area (Å²) in [5, 5.41) is 5.76. The van der Waals surface area contributed by atoms with Gasteiger partial charge in [-0.1, -0.05) is 60.7 Å². The molecule has 0 bridgehead atoms. The van der Waals surface area contributed by atoms with E-state index in [-0.39, 0.29) is 37.7 Å². The predicted molar refractivity (Wildman–Crippen MR) is 128 cm³/mol. The molecule has 0 heterocycles. The van der Waals surface area contributed by atoms with Crippen molar-refractivity contribution in [2.75, 3.05) is 26.0 Å². The minimum absolute atomic E-state index is 0.160. The van der Waals surface area contributed by atoms with Gasteiger partial charge in [-0.2, -0.15) is 0 Å². The number of benzene rings is 2. The van der Waals surface area contributed by atoms with Crippen molar-refractivity contribution in [3.05, 3.63) is 71.8 Å². The van der Waals surface area contributed by atoms with E-state index in [2.05, 4.69) is 15.4 Å². The molecule has 0 aliphatic carbocycles. The Bertz CT molecular complexity index is 968. The summed E-state index contributed by atoms with van der Waals surface area (Å²) < 4.78 is 32.6. The third kappa shape index (κ3) is 9.73. The third-order valence-corrected chi connectivity index (χ3v) is 6.48. The van der Waals surface area contributed by atoms with Gasteiger partial charge in [0.05, 0.1) is 18.4 Å². The molecular weight excluding hydrogens is 442 g/mol. The van der Waals surface area contributed by atoms with Gasteiger partial charge in [0.25, 0.3) is 0 Å². The van der Waals surface area contributed by atoms with Crippen molar-refractivity contribution in [1.82, 2.24) is 15.4 Å². The Morgan fingerprint density at radius 2 is 1.45 bits per heavy atom. The Morgan fingerprint density at radius 3 is 1.97 bits per heavy atom. The first-order valence-corrected chi connectivity index (χ1v) is 12.7. The molecule has 2 atom stereocenters. The van der Waals surface area contributed by atoms with Gasteiger partial charge >= 0.3 is 5.97 Å². The molecule has 0 saturated heterocycles. The number of esters is 1. The summed E-state index contributed by atoms with van der Waals surface area (Å²) >= 11 is 0. The van der Waals surface area contributed by atoms with Crippen LogP contribution < -0.4 is 15.4 Å². The van der Waals surface area contributed by atoms with Crippen molar-refractivity contribution in [3.63, 3.8) is 0 Å². The lowest BCUT2D eigenvalue weighted by Gasteiger charge is -2.18. The quantitative estimate of drug-likeness (QED) is 0.281. The number of hydrogen-bond donors (Lipinski definition) is 3. The Kier molecular flexibility index (Phi) is 11.0. The van der Waals surface area contributed by atoms with E-state index < -0.39 is 28.1 Å². The second kappa shape index (κ2) is 13.7. The number of rotatable bonds is 14. The minimum atomic E-state index is -3.75. The van der Waals surface area contributed by atoms with Gasteiger partial charge < -0.3 is 15.4 Å². The molecule has 2 aromatic rings. The van der Waals surface area contributed by atoms with Crippen LogP contribution in [-0.4, -0.2) is 58.3 Å². The fourth-order valence-electron chi connectivity index (χ4n) is 3.31. The van der Waals surface area contributed by atoms with Crippen LogP contribution in [0.5, 0.6) is 0 Å². The maximum Gasteiger partial charge on any atom is 0.324 e. The maximum atomic E-state index is 12.6. The van der Waals surface area contributed by atoms with Gasteiger partial charge in [0, 0.05) is 6.54 Å². The van der Waals surface area contributed by atoms with Crippen molar-refractivity contribution < 1.29 is 22.7 Å². The number of nitrogens with one attached hydrogen (secondary N) is 3. The first kappa shape index (κ1) is 26.5. The number of ether oxygens (including phenoxy) is 1. The molecule has 3 N–H and O–H groups in total. The van der Waals surface area contributed by atoms with Crippen LogP contribution in [0.1, 0.15) is 24.5 Å². The van der Waals surface area contributed by atoms with Crippen LogP contribution in [0.15, 0.2) is 60.7 Å². The van der Waals surface area contributed by atoms with Gasteiger partial charge in [0.15, 0.2) is 0 Å². The fourth-order valence-corrected chi connectivity index (χ4v) is 4.57. The van der Waals surface area contributed by atoms with Gasteiger partial charge in [0.2, 0.25) is 15.9 Å². The van der Waals surface area contributed by atoms with Crippen LogP contribution in [0.2, 0.25) is 0 Å². The van der Waals surface area contributed by atoms with E-state index in [1.807, 2.05) is 60.7 Å². The molecule has 0 radical (unpaired) electrons. The first-order valence-electron chi connectivity index (χ1n) is 11.0. The highest BCUT2D eigenvalue weighted by atomic mass is 32.2. The summed E-state index contributed by atoms with van der Waals surface area (Å²) in [6.07, 6.45) is 0.937. The molecule has 2 rings (SSSR count). The topological polar surface area (TPSA) is 114 Å². The highest BCUT2D eigenvalue weighted by molar-refractivity contribution is 7.89. The first-order chi connectivity index (χ1) is 15.8. The Labute approximate surface area is 196 Å². The molecule has 0 fully saturated rings. The largest absolute Gasteiger partial charge is 0.465 e. The standard InChI is InChI=1S/C24H33N3O5S/c1-3-32-24(29)22(18-20-13-8-5-9-14-20)27-33(30,31)16-10-15-26-23(28)21(25-2)17-19-11-6-4-7-12-19/h4-9,11-14,21-22,25,27H,3,10,15-18H2,1-2H3,(H,26,28)/t21-,22-/m0/s1. The fraction of sp³-hybridized carbons (Fsp3) is 0.417. The molecule has 0 aromatic heterocycles. The predicted octanol–water partition coefficient (Wildman–Crippen LogP) is 1.42. The molecular formula is C24H33N3O5S. The molecule has 0 spiro atoms. The Balaban J connectivity index is 1.85. The van der Waals surface area contributed by atoms with Gasteiger partial charge in [0.1, 0.15) is 6.04 Å². The monoisotopic (exact) mass is 475 g/mol. The lowest BCUT2D eigenvalue weighted by Crippen LogP contribution is -2.46. The molecule has 0 aliphatic rings. The lowest BCUT2D eigenvalue weighted by molar-refractivity contribution is -0.145. The van der Waals surface area contributed by atoms with E-state index in [4.69, 9.17) is 4.74 Å². The molecule has 0 aliphatic heterocycles. The van der Waals surface area contributed by atoms with Gasteiger partial charge in [-0.05, 0) is 44.4 Å². The van der Waals surface area contributed by atoms with E-state index in [9.17, 15) is 18.0 Å². The van der Waals surface area contributed by atoms with Crippen molar-refractivity contribution in [1.29, 1.82) is 0 Å². The van der Waals surface area contributed by atoms with Crippen LogP contribution in [0.3, 0.4) is 0 Å². The molecule has 0 saturated carbocycles. The highest BCUT2D eigenvalue weighted by Gasteiger charge is 2.26. The maximum absolute atomic E-state index is 12.6. The van der Waals surface area contributed by atoms with Crippen LogP contribution in [-0.2, 0) is 37.2 Å². The van der Waals surface area contributed by atoms with E-state index in [1.54, 1.807) is 14.0 Å². The van der Waals surface area contributed by atoms with Crippen LogP contribution in [0.4, 0.5) is 0 Å². The Hall–Kier alpha value is -2.75. The molecule has 8 nitrogen and oxygen atoms in total. The van der Waals surface area contributed by atoms with Gasteiger partial charge in [-0.3, -0.25) is 9.59 Å². The van der Waals surface area contributed by atoms with Crippen molar-refractivity contribution in [3.8, 4) is 0 Å². The van der Waals surface area contributed by atoms with E-state index in [0.29, 0.717) is 6.42 Å². The van der Waals surface area contributed by atoms with Crippen molar-refractivity contribution in [2.45, 2.75) is 38.3 Å². The molecule has 2 aromatic carbocycles. The second-order valence-corrected chi connectivity index (χ2v) is 9.48. The second-order valence-electron chi connectivity index (χ2n) is 7.61. The van der Waals surface area contributed by atoms with E-state index in [0.717, 1.165) is 11.1 Å². The molecule has 1 amide bonds. The minimum Gasteiger partial charge on any atom is -0.465 e. The number of sulfonamides is 1. The number of amides is 1. The molecule has 33 heavy (non-hydrogen) atoms. The van der Waals surface area contributed by atoms with Gasteiger partial charge in [-0.25, -0.2) is 13.1 Å². The summed E-state index contributed by atoms with van der Waals surface area (Å²) in [5.74, 6) is -1.03. The number of hydrogen-bond acceptors (Lipinski definition) is 6. The normalized spacial score (nSPS) is 13.2. The summed E-state index contributed by atoms with van der Waals surface area (Å²) in [6, 6.07) is 17.4. The number of likely N-dealkylation sites (N-methyl/N-ethyl adjacent to an activating group) is 1. The van der Waals surface area contributed by atoms with E-state index >= 15 is 0 Å². The van der Waals surface area contributed by atoms with E-state index in [1.165, 1.54) is 0 Å². The zero-order valence-electron chi connectivity index (χ0n) is 19.1. The SMILES string of the molecule is CCOC(=O)[C@H](Cc1ccccc1)NS(=O)(=O)CCCNC(=O)[C@H](Cc1ccccc1)NC. The highest BCUT2D eigenvalue weighted by Crippen LogP contribution is 2.07. The van der Waals surface area contributed by atoms with Crippen LogP contribution >= 0.6 is 0 Å². The van der Waals surface area contributed by atoms with Gasteiger partial charge in [-0.15, -0.1) is 0 Å².